The quantitative estimate of drug-likeness (QED) is 0.493. The van der Waals surface area contributed by atoms with Gasteiger partial charge in [0.1, 0.15) is 5.75 Å². The molecule has 1 aromatic carbocycles. The second-order valence-electron chi connectivity index (χ2n) is 7.34. The van der Waals surface area contributed by atoms with Gasteiger partial charge in [0.25, 0.3) is 5.91 Å². The first-order chi connectivity index (χ1) is 15.2. The van der Waals surface area contributed by atoms with Crippen molar-refractivity contribution in [1.29, 1.82) is 0 Å². The molecule has 3 aromatic rings. The van der Waals surface area contributed by atoms with Crippen molar-refractivity contribution in [3.05, 3.63) is 74.1 Å². The molecule has 1 unspecified atom stereocenters. The number of para-hydroxylation sites is 1. The normalized spacial score (nSPS) is 15.4. The minimum absolute atomic E-state index is 0.00941. The SMILES string of the molecule is CCOc1ccccc1C(=O)NCCCC(=O)N1CCc2sccc2C1c1cccs1. The smallest absolute Gasteiger partial charge is 0.255 e. The van der Waals surface area contributed by atoms with Gasteiger partial charge in [-0.05, 0) is 60.4 Å². The number of carbonyl (C=O) groups is 2. The lowest BCUT2D eigenvalue weighted by Crippen LogP contribution is -2.40. The molecule has 0 fully saturated rings. The zero-order chi connectivity index (χ0) is 21.6. The highest BCUT2D eigenvalue weighted by atomic mass is 32.1. The first kappa shape index (κ1) is 21.6. The van der Waals surface area contributed by atoms with Gasteiger partial charge in [-0.1, -0.05) is 18.2 Å². The predicted octanol–water partition coefficient (Wildman–Crippen LogP) is 4.89. The van der Waals surface area contributed by atoms with Crippen molar-refractivity contribution in [2.24, 2.45) is 0 Å². The van der Waals surface area contributed by atoms with Crippen LogP contribution in [-0.2, 0) is 11.2 Å². The van der Waals surface area contributed by atoms with E-state index in [9.17, 15) is 9.59 Å². The van der Waals surface area contributed by atoms with Crippen molar-refractivity contribution >= 4 is 34.5 Å². The standard InChI is InChI=1S/C24H26N2O3S2/c1-2-29-19-8-4-3-7-17(19)24(28)25-13-5-10-22(27)26-14-11-20-18(12-16-31-20)23(26)21-9-6-15-30-21/h3-4,6-9,12,15-16,23H,2,5,10-11,13-14H2,1H3,(H,25,28). The summed E-state index contributed by atoms with van der Waals surface area (Å²) < 4.78 is 5.53. The summed E-state index contributed by atoms with van der Waals surface area (Å²) in [5.74, 6) is 0.547. The summed E-state index contributed by atoms with van der Waals surface area (Å²) in [6.45, 7) is 3.59. The minimum Gasteiger partial charge on any atom is -0.493 e. The molecule has 0 aliphatic carbocycles. The van der Waals surface area contributed by atoms with E-state index in [2.05, 4.69) is 28.2 Å². The summed E-state index contributed by atoms with van der Waals surface area (Å²) in [5.41, 5.74) is 1.78. The number of amides is 2. The lowest BCUT2D eigenvalue weighted by Gasteiger charge is -2.35. The number of carbonyl (C=O) groups excluding carboxylic acids is 2. The van der Waals surface area contributed by atoms with Crippen LogP contribution in [0.2, 0.25) is 0 Å². The van der Waals surface area contributed by atoms with E-state index >= 15 is 0 Å². The number of hydrogen-bond acceptors (Lipinski definition) is 5. The van der Waals surface area contributed by atoms with Crippen molar-refractivity contribution in [2.75, 3.05) is 19.7 Å². The lowest BCUT2D eigenvalue weighted by atomic mass is 9.98. The molecule has 0 saturated carbocycles. The van der Waals surface area contributed by atoms with Crippen molar-refractivity contribution in [1.82, 2.24) is 10.2 Å². The summed E-state index contributed by atoms with van der Waals surface area (Å²) in [4.78, 5) is 30.2. The molecule has 1 N–H and O–H groups in total. The Labute approximate surface area is 190 Å². The zero-order valence-corrected chi connectivity index (χ0v) is 19.1. The fourth-order valence-electron chi connectivity index (χ4n) is 3.95. The van der Waals surface area contributed by atoms with E-state index in [1.165, 1.54) is 15.3 Å². The largest absolute Gasteiger partial charge is 0.493 e. The molecule has 162 valence electrons. The van der Waals surface area contributed by atoms with Crippen LogP contribution >= 0.6 is 22.7 Å². The van der Waals surface area contributed by atoms with Crippen LogP contribution in [0.4, 0.5) is 0 Å². The Hall–Kier alpha value is -2.64. The molecule has 31 heavy (non-hydrogen) atoms. The van der Waals surface area contributed by atoms with Crippen molar-refractivity contribution in [3.63, 3.8) is 0 Å². The third-order valence-corrected chi connectivity index (χ3v) is 7.30. The zero-order valence-electron chi connectivity index (χ0n) is 17.5. The predicted molar refractivity (Wildman–Crippen MR) is 125 cm³/mol. The van der Waals surface area contributed by atoms with Crippen LogP contribution < -0.4 is 10.1 Å². The van der Waals surface area contributed by atoms with E-state index < -0.39 is 0 Å². The van der Waals surface area contributed by atoms with Crippen molar-refractivity contribution in [3.8, 4) is 5.75 Å². The van der Waals surface area contributed by atoms with E-state index in [1.807, 2.05) is 30.0 Å². The second kappa shape index (κ2) is 10.1. The molecule has 4 rings (SSSR count). The molecule has 0 bridgehead atoms. The Morgan fingerprint density at radius 1 is 1.13 bits per heavy atom. The monoisotopic (exact) mass is 454 g/mol. The molecular formula is C24H26N2O3S2. The number of ether oxygens (including phenoxy) is 1. The van der Waals surface area contributed by atoms with Crippen LogP contribution in [0.15, 0.2) is 53.2 Å². The molecule has 1 atom stereocenters. The molecule has 0 saturated heterocycles. The summed E-state index contributed by atoms with van der Waals surface area (Å²) in [6, 6.07) is 13.5. The van der Waals surface area contributed by atoms with Gasteiger partial charge in [0.05, 0.1) is 18.2 Å². The van der Waals surface area contributed by atoms with Crippen molar-refractivity contribution in [2.45, 2.75) is 32.2 Å². The van der Waals surface area contributed by atoms with Gasteiger partial charge in [-0.15, -0.1) is 22.7 Å². The fourth-order valence-corrected chi connectivity index (χ4v) is 5.71. The van der Waals surface area contributed by atoms with E-state index in [-0.39, 0.29) is 17.9 Å². The Bertz CT molecular complexity index is 1030. The highest BCUT2D eigenvalue weighted by molar-refractivity contribution is 7.10. The molecule has 0 radical (unpaired) electrons. The fraction of sp³-hybridized carbons (Fsp3) is 0.333. The number of rotatable bonds is 8. The molecule has 5 nitrogen and oxygen atoms in total. The van der Waals surface area contributed by atoms with Crippen LogP contribution in [0.5, 0.6) is 5.75 Å². The molecule has 3 heterocycles. The topological polar surface area (TPSA) is 58.6 Å². The number of benzene rings is 1. The van der Waals surface area contributed by atoms with Gasteiger partial charge >= 0.3 is 0 Å². The van der Waals surface area contributed by atoms with Crippen LogP contribution in [0.1, 0.15) is 51.5 Å². The number of hydrogen-bond donors (Lipinski definition) is 1. The Morgan fingerprint density at radius 3 is 2.81 bits per heavy atom. The third-order valence-electron chi connectivity index (χ3n) is 5.38. The highest BCUT2D eigenvalue weighted by Crippen LogP contribution is 2.39. The Kier molecular flexibility index (Phi) is 7.04. The summed E-state index contributed by atoms with van der Waals surface area (Å²) in [5, 5.41) is 7.10. The van der Waals surface area contributed by atoms with Gasteiger partial charge in [-0.3, -0.25) is 9.59 Å². The number of thiophene rings is 2. The van der Waals surface area contributed by atoms with Gasteiger partial charge in [0, 0.05) is 29.3 Å². The Morgan fingerprint density at radius 2 is 2.00 bits per heavy atom. The van der Waals surface area contributed by atoms with Crippen LogP contribution in [0, 0.1) is 0 Å². The molecule has 2 aromatic heterocycles. The lowest BCUT2D eigenvalue weighted by molar-refractivity contribution is -0.133. The molecular weight excluding hydrogens is 428 g/mol. The molecule has 1 aliphatic heterocycles. The number of fused-ring (bicyclic) bond motifs is 1. The summed E-state index contributed by atoms with van der Waals surface area (Å²) in [7, 11) is 0. The van der Waals surface area contributed by atoms with E-state index in [1.54, 1.807) is 34.8 Å². The first-order valence-corrected chi connectivity index (χ1v) is 12.3. The number of nitrogens with one attached hydrogen (secondary N) is 1. The number of nitrogens with zero attached hydrogens (tertiary/aromatic N) is 1. The van der Waals surface area contributed by atoms with Gasteiger partial charge in [-0.2, -0.15) is 0 Å². The maximum atomic E-state index is 13.1. The highest BCUT2D eigenvalue weighted by Gasteiger charge is 2.33. The first-order valence-electron chi connectivity index (χ1n) is 10.6. The minimum atomic E-state index is -0.172. The van der Waals surface area contributed by atoms with Crippen molar-refractivity contribution < 1.29 is 14.3 Å². The molecule has 7 heteroatoms. The summed E-state index contributed by atoms with van der Waals surface area (Å²) in [6.07, 6.45) is 1.92. The summed E-state index contributed by atoms with van der Waals surface area (Å²) >= 11 is 3.47. The van der Waals surface area contributed by atoms with Crippen LogP contribution in [-0.4, -0.2) is 36.4 Å². The molecule has 1 aliphatic rings. The van der Waals surface area contributed by atoms with Crippen LogP contribution in [0.25, 0.3) is 0 Å². The average Bonchev–Trinajstić information content (AvgIpc) is 3.48. The maximum absolute atomic E-state index is 13.1. The Balaban J connectivity index is 1.34. The average molecular weight is 455 g/mol. The second-order valence-corrected chi connectivity index (χ2v) is 9.32. The van der Waals surface area contributed by atoms with Gasteiger partial charge in [-0.25, -0.2) is 0 Å². The third kappa shape index (κ3) is 4.83. The van der Waals surface area contributed by atoms with E-state index in [0.717, 1.165) is 13.0 Å². The van der Waals surface area contributed by atoms with Gasteiger partial charge < -0.3 is 15.0 Å². The van der Waals surface area contributed by atoms with Gasteiger partial charge in [0.2, 0.25) is 5.91 Å². The van der Waals surface area contributed by atoms with E-state index in [0.29, 0.717) is 37.3 Å². The molecule has 0 spiro atoms. The van der Waals surface area contributed by atoms with Crippen LogP contribution in [0.3, 0.4) is 0 Å². The molecule has 2 amide bonds. The maximum Gasteiger partial charge on any atom is 0.255 e. The van der Waals surface area contributed by atoms with Gasteiger partial charge in [0.15, 0.2) is 0 Å². The van der Waals surface area contributed by atoms with E-state index in [4.69, 9.17) is 4.74 Å².